The van der Waals surface area contributed by atoms with Crippen molar-refractivity contribution < 1.29 is 17.9 Å². The standard InChI is InChI=1S/C21H26N2O4S/c1-16-7-3-4-12-23(16)28(25,26)20-11-6-9-18(14-20)21(24)22-15-17-8-5-10-19(13-17)27-2/h5-6,8-11,13-14,16H,3-4,7,12,15H2,1-2H3,(H,22,24)/t16-/m0/s1. The lowest BCUT2D eigenvalue weighted by Gasteiger charge is -2.32. The molecule has 0 radical (unpaired) electrons. The van der Waals surface area contributed by atoms with Gasteiger partial charge in [-0.05, 0) is 55.7 Å². The van der Waals surface area contributed by atoms with Crippen molar-refractivity contribution in [1.82, 2.24) is 9.62 Å². The Morgan fingerprint density at radius 1 is 1.18 bits per heavy atom. The number of ether oxygens (including phenoxy) is 1. The highest BCUT2D eigenvalue weighted by Crippen LogP contribution is 2.25. The molecule has 1 atom stereocenters. The largest absolute Gasteiger partial charge is 0.497 e. The van der Waals surface area contributed by atoms with Crippen molar-refractivity contribution in [2.75, 3.05) is 13.7 Å². The van der Waals surface area contributed by atoms with Crippen LogP contribution < -0.4 is 10.1 Å². The van der Waals surface area contributed by atoms with Crippen LogP contribution in [0.25, 0.3) is 0 Å². The second kappa shape index (κ2) is 8.75. The number of methoxy groups -OCH3 is 1. The number of hydrogen-bond donors (Lipinski definition) is 1. The normalized spacial score (nSPS) is 17.9. The Morgan fingerprint density at radius 3 is 2.71 bits per heavy atom. The molecule has 0 saturated carbocycles. The van der Waals surface area contributed by atoms with Gasteiger partial charge < -0.3 is 10.1 Å². The van der Waals surface area contributed by atoms with Gasteiger partial charge in [0.25, 0.3) is 5.91 Å². The van der Waals surface area contributed by atoms with Crippen LogP contribution in [0.15, 0.2) is 53.4 Å². The molecular formula is C21H26N2O4S. The molecule has 1 fully saturated rings. The minimum absolute atomic E-state index is 0.0238. The van der Waals surface area contributed by atoms with Crippen LogP contribution in [0.3, 0.4) is 0 Å². The Balaban J connectivity index is 1.74. The molecule has 0 spiro atoms. The average Bonchev–Trinajstić information content (AvgIpc) is 2.72. The van der Waals surface area contributed by atoms with E-state index >= 15 is 0 Å². The first-order valence-corrected chi connectivity index (χ1v) is 10.9. The molecule has 0 aliphatic carbocycles. The van der Waals surface area contributed by atoms with E-state index in [1.807, 2.05) is 31.2 Å². The van der Waals surface area contributed by atoms with E-state index in [1.165, 1.54) is 6.07 Å². The molecule has 0 bridgehead atoms. The Morgan fingerprint density at radius 2 is 1.96 bits per heavy atom. The van der Waals surface area contributed by atoms with E-state index in [9.17, 15) is 13.2 Å². The zero-order valence-corrected chi connectivity index (χ0v) is 17.0. The highest BCUT2D eigenvalue weighted by Gasteiger charge is 2.31. The van der Waals surface area contributed by atoms with Crippen molar-refractivity contribution in [3.8, 4) is 5.75 Å². The van der Waals surface area contributed by atoms with Gasteiger partial charge in [-0.15, -0.1) is 0 Å². The lowest BCUT2D eigenvalue weighted by Crippen LogP contribution is -2.42. The molecule has 2 aromatic rings. The lowest BCUT2D eigenvalue weighted by molar-refractivity contribution is 0.0950. The molecule has 1 heterocycles. The summed E-state index contributed by atoms with van der Waals surface area (Å²) < 4.78 is 32.7. The number of amides is 1. The van der Waals surface area contributed by atoms with Crippen LogP contribution in [-0.4, -0.2) is 38.3 Å². The smallest absolute Gasteiger partial charge is 0.251 e. The van der Waals surface area contributed by atoms with Gasteiger partial charge in [0.05, 0.1) is 12.0 Å². The van der Waals surface area contributed by atoms with Crippen LogP contribution in [0.2, 0.25) is 0 Å². The minimum atomic E-state index is -3.61. The number of benzene rings is 2. The second-order valence-corrected chi connectivity index (χ2v) is 8.91. The molecule has 0 unspecified atom stereocenters. The fraction of sp³-hybridized carbons (Fsp3) is 0.381. The third-order valence-corrected chi connectivity index (χ3v) is 7.04. The third kappa shape index (κ3) is 4.54. The Kier molecular flexibility index (Phi) is 6.36. The summed E-state index contributed by atoms with van der Waals surface area (Å²) in [5.41, 5.74) is 1.23. The molecule has 2 aromatic carbocycles. The van der Waals surface area contributed by atoms with Gasteiger partial charge in [-0.1, -0.05) is 24.6 Å². The summed E-state index contributed by atoms with van der Waals surface area (Å²) in [6, 6.07) is 13.6. The van der Waals surface area contributed by atoms with Gasteiger partial charge in [0.1, 0.15) is 5.75 Å². The summed E-state index contributed by atoms with van der Waals surface area (Å²) in [5, 5.41) is 2.83. The average molecular weight is 403 g/mol. The number of nitrogens with zero attached hydrogens (tertiary/aromatic N) is 1. The van der Waals surface area contributed by atoms with E-state index in [1.54, 1.807) is 29.6 Å². The van der Waals surface area contributed by atoms with Crippen molar-refractivity contribution >= 4 is 15.9 Å². The maximum atomic E-state index is 13.0. The van der Waals surface area contributed by atoms with Crippen LogP contribution in [0.1, 0.15) is 42.1 Å². The molecular weight excluding hydrogens is 376 g/mol. The summed E-state index contributed by atoms with van der Waals surface area (Å²) in [6.45, 7) is 2.79. The lowest BCUT2D eigenvalue weighted by atomic mass is 10.1. The molecule has 1 aliphatic heterocycles. The number of nitrogens with one attached hydrogen (secondary N) is 1. The first-order chi connectivity index (χ1) is 13.4. The van der Waals surface area contributed by atoms with E-state index in [0.717, 1.165) is 30.6 Å². The molecule has 7 heteroatoms. The summed E-state index contributed by atoms with van der Waals surface area (Å²) in [4.78, 5) is 12.7. The summed E-state index contributed by atoms with van der Waals surface area (Å²) >= 11 is 0. The molecule has 1 saturated heterocycles. The van der Waals surface area contributed by atoms with E-state index < -0.39 is 10.0 Å². The molecule has 1 amide bonds. The van der Waals surface area contributed by atoms with E-state index in [0.29, 0.717) is 18.7 Å². The number of sulfonamides is 1. The topological polar surface area (TPSA) is 75.7 Å². The predicted octanol–water partition coefficient (Wildman–Crippen LogP) is 3.19. The van der Waals surface area contributed by atoms with Crippen molar-refractivity contribution in [2.24, 2.45) is 0 Å². The molecule has 150 valence electrons. The van der Waals surface area contributed by atoms with Gasteiger partial charge in [-0.3, -0.25) is 4.79 Å². The minimum Gasteiger partial charge on any atom is -0.497 e. The van der Waals surface area contributed by atoms with Crippen LogP contribution in [0, 0.1) is 0 Å². The van der Waals surface area contributed by atoms with Crippen molar-refractivity contribution in [3.05, 3.63) is 59.7 Å². The number of rotatable bonds is 6. The number of carbonyl (C=O) groups is 1. The Hall–Kier alpha value is -2.38. The van der Waals surface area contributed by atoms with E-state index in [4.69, 9.17) is 4.74 Å². The fourth-order valence-electron chi connectivity index (χ4n) is 3.43. The van der Waals surface area contributed by atoms with Gasteiger partial charge in [-0.25, -0.2) is 8.42 Å². The number of piperidine rings is 1. The molecule has 0 aromatic heterocycles. The first kappa shape index (κ1) is 20.4. The maximum absolute atomic E-state index is 13.0. The SMILES string of the molecule is COc1cccc(CNC(=O)c2cccc(S(=O)(=O)N3CCCC[C@@H]3C)c2)c1. The molecule has 3 rings (SSSR count). The highest BCUT2D eigenvalue weighted by atomic mass is 32.2. The first-order valence-electron chi connectivity index (χ1n) is 9.45. The van der Waals surface area contributed by atoms with Gasteiger partial charge >= 0.3 is 0 Å². The molecule has 1 N–H and O–H groups in total. The summed E-state index contributed by atoms with van der Waals surface area (Å²) in [5.74, 6) is 0.405. The fourth-order valence-corrected chi connectivity index (χ4v) is 5.17. The number of carbonyl (C=O) groups excluding carboxylic acids is 1. The summed E-state index contributed by atoms with van der Waals surface area (Å²) in [6.07, 6.45) is 2.77. The maximum Gasteiger partial charge on any atom is 0.251 e. The highest BCUT2D eigenvalue weighted by molar-refractivity contribution is 7.89. The Bertz CT molecular complexity index is 943. The molecule has 6 nitrogen and oxygen atoms in total. The molecule has 28 heavy (non-hydrogen) atoms. The van der Waals surface area contributed by atoms with Crippen molar-refractivity contribution in [2.45, 2.75) is 43.7 Å². The van der Waals surface area contributed by atoms with Crippen LogP contribution in [0.5, 0.6) is 5.75 Å². The van der Waals surface area contributed by atoms with Crippen LogP contribution in [0.4, 0.5) is 0 Å². The monoisotopic (exact) mass is 402 g/mol. The van der Waals surface area contributed by atoms with Crippen molar-refractivity contribution in [3.63, 3.8) is 0 Å². The second-order valence-electron chi connectivity index (χ2n) is 7.02. The molecule has 1 aliphatic rings. The predicted molar refractivity (Wildman–Crippen MR) is 108 cm³/mol. The zero-order chi connectivity index (χ0) is 20.1. The van der Waals surface area contributed by atoms with Crippen LogP contribution >= 0.6 is 0 Å². The third-order valence-electron chi connectivity index (χ3n) is 5.03. The van der Waals surface area contributed by atoms with Gasteiger partial charge in [-0.2, -0.15) is 4.31 Å². The zero-order valence-electron chi connectivity index (χ0n) is 16.2. The van der Waals surface area contributed by atoms with Gasteiger partial charge in [0.2, 0.25) is 10.0 Å². The van der Waals surface area contributed by atoms with Gasteiger partial charge in [0.15, 0.2) is 0 Å². The van der Waals surface area contributed by atoms with E-state index in [2.05, 4.69) is 5.32 Å². The summed E-state index contributed by atoms with van der Waals surface area (Å²) in [7, 11) is -2.02. The van der Waals surface area contributed by atoms with E-state index in [-0.39, 0.29) is 16.8 Å². The number of hydrogen-bond acceptors (Lipinski definition) is 4. The van der Waals surface area contributed by atoms with Crippen molar-refractivity contribution in [1.29, 1.82) is 0 Å². The van der Waals surface area contributed by atoms with Gasteiger partial charge in [0, 0.05) is 24.7 Å². The van der Waals surface area contributed by atoms with Crippen LogP contribution in [-0.2, 0) is 16.6 Å². The Labute approximate surface area is 166 Å². The quantitative estimate of drug-likeness (QED) is 0.805.